The van der Waals surface area contributed by atoms with E-state index in [4.69, 9.17) is 9.47 Å². The Balaban J connectivity index is 2.21. The van der Waals surface area contributed by atoms with Crippen molar-refractivity contribution in [1.82, 2.24) is 15.1 Å². The fourth-order valence-corrected chi connectivity index (χ4v) is 4.60. The SMILES string of the molecule is CCCN(COC)C(=O)[C@H](Cc1ccc(OCc2ccccc2)cc1)NC(=O)[C@H](CC(C)C)N(C)CCC(C)C. The van der Waals surface area contributed by atoms with Gasteiger partial charge in [-0.3, -0.25) is 14.5 Å². The normalized spacial score (nSPS) is 12.9. The molecule has 7 nitrogen and oxygen atoms in total. The van der Waals surface area contributed by atoms with E-state index in [1.807, 2.05) is 68.6 Å². The summed E-state index contributed by atoms with van der Waals surface area (Å²) in [5, 5.41) is 3.14. The molecule has 1 N–H and O–H groups in total. The zero-order chi connectivity index (χ0) is 29.5. The monoisotopic (exact) mass is 553 g/mol. The lowest BCUT2D eigenvalue weighted by atomic mass is 9.99. The first-order valence-corrected chi connectivity index (χ1v) is 14.7. The number of carbonyl (C=O) groups excluding carboxylic acids is 2. The molecule has 2 amide bonds. The zero-order valence-corrected chi connectivity index (χ0v) is 25.7. The first-order valence-electron chi connectivity index (χ1n) is 14.7. The average Bonchev–Trinajstić information content (AvgIpc) is 2.93. The molecule has 2 rings (SSSR count). The highest BCUT2D eigenvalue weighted by molar-refractivity contribution is 5.90. The van der Waals surface area contributed by atoms with Crippen LogP contribution in [0.25, 0.3) is 0 Å². The molecule has 7 heteroatoms. The molecule has 2 aromatic carbocycles. The van der Waals surface area contributed by atoms with Crippen LogP contribution in [0.4, 0.5) is 0 Å². The Morgan fingerprint density at radius 1 is 0.900 bits per heavy atom. The highest BCUT2D eigenvalue weighted by Gasteiger charge is 2.31. The van der Waals surface area contributed by atoms with Crippen LogP contribution in [0.2, 0.25) is 0 Å². The van der Waals surface area contributed by atoms with Crippen molar-refractivity contribution >= 4 is 11.8 Å². The van der Waals surface area contributed by atoms with Gasteiger partial charge >= 0.3 is 0 Å². The Kier molecular flexibility index (Phi) is 14.8. The zero-order valence-electron chi connectivity index (χ0n) is 25.7. The second-order valence-electron chi connectivity index (χ2n) is 11.5. The second kappa shape index (κ2) is 17.7. The number of methoxy groups -OCH3 is 1. The lowest BCUT2D eigenvalue weighted by Crippen LogP contribution is -2.55. The van der Waals surface area contributed by atoms with Crippen molar-refractivity contribution in [3.05, 3.63) is 65.7 Å². The van der Waals surface area contributed by atoms with Crippen LogP contribution in [0, 0.1) is 11.8 Å². The predicted molar refractivity (Wildman–Crippen MR) is 162 cm³/mol. The van der Waals surface area contributed by atoms with Crippen molar-refractivity contribution < 1.29 is 19.1 Å². The summed E-state index contributed by atoms with van der Waals surface area (Å²) in [6, 6.07) is 16.8. The summed E-state index contributed by atoms with van der Waals surface area (Å²) < 4.78 is 11.3. The van der Waals surface area contributed by atoms with E-state index in [0.29, 0.717) is 31.4 Å². The van der Waals surface area contributed by atoms with Gasteiger partial charge in [-0.2, -0.15) is 0 Å². The van der Waals surface area contributed by atoms with E-state index in [9.17, 15) is 9.59 Å². The number of hydrogen-bond acceptors (Lipinski definition) is 5. The summed E-state index contributed by atoms with van der Waals surface area (Å²) in [6.45, 7) is 12.7. The number of amides is 2. The maximum absolute atomic E-state index is 13.7. The van der Waals surface area contributed by atoms with E-state index in [-0.39, 0.29) is 24.6 Å². The van der Waals surface area contributed by atoms with Crippen molar-refractivity contribution in [2.24, 2.45) is 11.8 Å². The first-order chi connectivity index (χ1) is 19.1. The highest BCUT2D eigenvalue weighted by Crippen LogP contribution is 2.18. The van der Waals surface area contributed by atoms with Crippen LogP contribution in [0.1, 0.15) is 65.0 Å². The highest BCUT2D eigenvalue weighted by atomic mass is 16.5. The minimum absolute atomic E-state index is 0.102. The van der Waals surface area contributed by atoms with E-state index in [1.54, 1.807) is 12.0 Å². The van der Waals surface area contributed by atoms with Crippen molar-refractivity contribution in [3.8, 4) is 5.75 Å². The largest absolute Gasteiger partial charge is 0.489 e. The van der Waals surface area contributed by atoms with Gasteiger partial charge in [0, 0.05) is 20.1 Å². The van der Waals surface area contributed by atoms with Gasteiger partial charge in [0.1, 0.15) is 25.1 Å². The third-order valence-corrected chi connectivity index (χ3v) is 6.90. The summed E-state index contributed by atoms with van der Waals surface area (Å²) in [5.41, 5.74) is 2.05. The van der Waals surface area contributed by atoms with Crippen LogP contribution < -0.4 is 10.1 Å². The summed E-state index contributed by atoms with van der Waals surface area (Å²) in [4.78, 5) is 31.2. The number of benzene rings is 2. The molecule has 0 aliphatic rings. The Morgan fingerprint density at radius 3 is 2.15 bits per heavy atom. The third-order valence-electron chi connectivity index (χ3n) is 6.90. The van der Waals surface area contributed by atoms with Crippen LogP contribution in [-0.4, -0.2) is 67.7 Å². The molecule has 0 bridgehead atoms. The van der Waals surface area contributed by atoms with E-state index in [2.05, 4.69) is 37.9 Å². The van der Waals surface area contributed by atoms with Crippen LogP contribution in [0.15, 0.2) is 54.6 Å². The molecule has 0 spiro atoms. The van der Waals surface area contributed by atoms with Gasteiger partial charge in [-0.15, -0.1) is 0 Å². The molecule has 0 aromatic heterocycles. The van der Waals surface area contributed by atoms with Gasteiger partial charge in [-0.1, -0.05) is 77.1 Å². The minimum atomic E-state index is -0.696. The Labute approximate surface area is 242 Å². The van der Waals surface area contributed by atoms with Crippen molar-refractivity contribution in [2.75, 3.05) is 34.0 Å². The summed E-state index contributed by atoms with van der Waals surface area (Å²) in [6.07, 6.45) is 2.93. The van der Waals surface area contributed by atoms with E-state index >= 15 is 0 Å². The third kappa shape index (κ3) is 11.7. The fourth-order valence-electron chi connectivity index (χ4n) is 4.60. The van der Waals surface area contributed by atoms with Gasteiger partial charge in [0.15, 0.2) is 0 Å². The van der Waals surface area contributed by atoms with Crippen LogP contribution >= 0.6 is 0 Å². The number of rotatable bonds is 18. The number of carbonyl (C=O) groups is 2. The van der Waals surface area contributed by atoms with Crippen LogP contribution in [0.5, 0.6) is 5.75 Å². The summed E-state index contributed by atoms with van der Waals surface area (Å²) >= 11 is 0. The molecule has 0 heterocycles. The lowest BCUT2D eigenvalue weighted by Gasteiger charge is -2.32. The fraction of sp³-hybridized carbons (Fsp3) is 0.576. The van der Waals surface area contributed by atoms with Crippen molar-refractivity contribution in [1.29, 1.82) is 0 Å². The number of hydrogen-bond donors (Lipinski definition) is 1. The Hall–Kier alpha value is -2.90. The molecule has 0 fully saturated rings. The Morgan fingerprint density at radius 2 is 1.57 bits per heavy atom. The van der Waals surface area contributed by atoms with Crippen LogP contribution in [0.3, 0.4) is 0 Å². The molecule has 2 aromatic rings. The van der Waals surface area contributed by atoms with Crippen molar-refractivity contribution in [3.63, 3.8) is 0 Å². The van der Waals surface area contributed by atoms with E-state index in [0.717, 1.165) is 42.7 Å². The first kappa shape index (κ1) is 33.3. The Bertz CT molecular complexity index is 989. The van der Waals surface area contributed by atoms with Crippen molar-refractivity contribution in [2.45, 2.75) is 79.0 Å². The molecule has 0 unspecified atom stereocenters. The van der Waals surface area contributed by atoms with Gasteiger partial charge in [0.05, 0.1) is 6.04 Å². The standard InChI is InChI=1S/C33H51N3O4/c1-8-19-36(24-39-7)33(38)30(34-32(37)31(21-26(4)5)35(6)20-18-25(2)3)22-27-14-16-29(17-15-27)40-23-28-12-10-9-11-13-28/h9-17,25-26,30-31H,8,18-24H2,1-7H3,(H,34,37)/t30-,31-/m0/s1. The second-order valence-corrected chi connectivity index (χ2v) is 11.5. The molecule has 40 heavy (non-hydrogen) atoms. The quantitative estimate of drug-likeness (QED) is 0.246. The molecular formula is C33H51N3O4. The number of nitrogens with one attached hydrogen (secondary N) is 1. The van der Waals surface area contributed by atoms with E-state index < -0.39 is 6.04 Å². The maximum atomic E-state index is 13.7. The van der Waals surface area contributed by atoms with Crippen LogP contribution in [-0.2, 0) is 27.4 Å². The average molecular weight is 554 g/mol. The number of likely N-dealkylation sites (N-methyl/N-ethyl adjacent to an activating group) is 1. The number of ether oxygens (including phenoxy) is 2. The molecule has 0 saturated carbocycles. The van der Waals surface area contributed by atoms with Gasteiger partial charge in [0.25, 0.3) is 0 Å². The van der Waals surface area contributed by atoms with Gasteiger partial charge in [0.2, 0.25) is 11.8 Å². The molecular weight excluding hydrogens is 502 g/mol. The topological polar surface area (TPSA) is 71.1 Å². The van der Waals surface area contributed by atoms with Gasteiger partial charge in [-0.05, 0) is 68.0 Å². The van der Waals surface area contributed by atoms with Gasteiger partial charge < -0.3 is 19.7 Å². The summed E-state index contributed by atoms with van der Waals surface area (Å²) in [5.74, 6) is 1.43. The van der Waals surface area contributed by atoms with E-state index in [1.165, 1.54) is 0 Å². The summed E-state index contributed by atoms with van der Waals surface area (Å²) in [7, 11) is 3.59. The molecule has 0 aliphatic carbocycles. The molecule has 0 aliphatic heterocycles. The molecule has 2 atom stereocenters. The molecule has 0 radical (unpaired) electrons. The molecule has 0 saturated heterocycles. The number of nitrogens with zero attached hydrogens (tertiary/aromatic N) is 2. The maximum Gasteiger partial charge on any atom is 0.247 e. The smallest absolute Gasteiger partial charge is 0.247 e. The minimum Gasteiger partial charge on any atom is -0.489 e. The lowest BCUT2D eigenvalue weighted by molar-refractivity contribution is -0.141. The predicted octanol–water partition coefficient (Wildman–Crippen LogP) is 5.53. The van der Waals surface area contributed by atoms with Gasteiger partial charge in [-0.25, -0.2) is 0 Å². The molecule has 222 valence electrons.